The van der Waals surface area contributed by atoms with Crippen molar-refractivity contribution in [1.29, 1.82) is 0 Å². The first kappa shape index (κ1) is 24.8. The van der Waals surface area contributed by atoms with Crippen LogP contribution in [0.3, 0.4) is 0 Å². The highest BCUT2D eigenvalue weighted by molar-refractivity contribution is 6.30. The predicted octanol–water partition coefficient (Wildman–Crippen LogP) is 6.78. The number of aromatic amines is 1. The number of aromatic hydroxyl groups is 1. The average Bonchev–Trinajstić information content (AvgIpc) is 3.56. The summed E-state index contributed by atoms with van der Waals surface area (Å²) in [6.45, 7) is 3.70. The van der Waals surface area contributed by atoms with Crippen molar-refractivity contribution in [3.05, 3.63) is 118 Å². The lowest BCUT2D eigenvalue weighted by molar-refractivity contribution is 0.0727. The molecule has 1 atom stereocenters. The van der Waals surface area contributed by atoms with Gasteiger partial charge in [-0.25, -0.2) is 0 Å². The van der Waals surface area contributed by atoms with Crippen molar-refractivity contribution < 1.29 is 14.6 Å². The van der Waals surface area contributed by atoms with Crippen molar-refractivity contribution in [2.24, 2.45) is 0 Å². The number of halogens is 1. The Hall–Kier alpha value is -4.26. The summed E-state index contributed by atoms with van der Waals surface area (Å²) in [6.07, 6.45) is 0. The topological polar surface area (TPSA) is 68.8 Å². The van der Waals surface area contributed by atoms with E-state index in [0.29, 0.717) is 22.7 Å². The van der Waals surface area contributed by atoms with Crippen LogP contribution >= 0.6 is 11.6 Å². The number of aromatic nitrogens is 1. The van der Waals surface area contributed by atoms with E-state index in [2.05, 4.69) is 40.2 Å². The number of amides is 1. The van der Waals surface area contributed by atoms with Gasteiger partial charge in [0, 0.05) is 52.7 Å². The number of carbonyl (C=O) groups excluding carboxylic acids is 1. The third kappa shape index (κ3) is 4.39. The quantitative estimate of drug-likeness (QED) is 0.254. The number of anilines is 1. The van der Waals surface area contributed by atoms with E-state index in [4.69, 9.17) is 16.3 Å². The minimum atomic E-state index is -0.540. The average molecular weight is 550 g/mol. The van der Waals surface area contributed by atoms with E-state index in [1.54, 1.807) is 18.2 Å². The summed E-state index contributed by atoms with van der Waals surface area (Å²) in [5.41, 5.74) is 7.24. The number of H-pyrrole nitrogens is 1. The Balaban J connectivity index is 1.24. The lowest BCUT2D eigenvalue weighted by Crippen LogP contribution is -2.36. The lowest BCUT2D eigenvalue weighted by Gasteiger charge is -2.29. The number of phenols is 1. The largest absolute Gasteiger partial charge is 0.508 e. The van der Waals surface area contributed by atoms with E-state index < -0.39 is 6.04 Å². The van der Waals surface area contributed by atoms with Crippen molar-refractivity contribution in [3.8, 4) is 16.9 Å². The van der Waals surface area contributed by atoms with E-state index >= 15 is 0 Å². The zero-order valence-electron chi connectivity index (χ0n) is 21.8. The van der Waals surface area contributed by atoms with Gasteiger partial charge in [0.1, 0.15) is 11.8 Å². The van der Waals surface area contributed by atoms with Crippen LogP contribution in [0.5, 0.6) is 5.75 Å². The van der Waals surface area contributed by atoms with Crippen molar-refractivity contribution in [3.63, 3.8) is 0 Å². The minimum absolute atomic E-state index is 0.0789. The molecule has 2 aliphatic rings. The van der Waals surface area contributed by atoms with Gasteiger partial charge in [0.2, 0.25) is 0 Å². The molecule has 0 bridgehead atoms. The molecule has 7 rings (SSSR count). The minimum Gasteiger partial charge on any atom is -0.508 e. The molecule has 1 fully saturated rings. The van der Waals surface area contributed by atoms with E-state index in [9.17, 15) is 9.90 Å². The van der Waals surface area contributed by atoms with Crippen LogP contribution in [-0.4, -0.2) is 47.2 Å². The molecule has 4 aromatic carbocycles. The second-order valence-electron chi connectivity index (χ2n) is 10.4. The molecule has 0 saturated carbocycles. The summed E-state index contributed by atoms with van der Waals surface area (Å²) < 4.78 is 5.48. The van der Waals surface area contributed by atoms with Gasteiger partial charge in [-0.3, -0.25) is 4.79 Å². The third-order valence-electron chi connectivity index (χ3n) is 7.96. The number of nitrogens with zero attached hydrogens (tertiary/aromatic N) is 2. The molecule has 40 heavy (non-hydrogen) atoms. The Bertz CT molecular complexity index is 1690. The molecule has 0 radical (unpaired) electrons. The number of fused-ring (bicyclic) bond motifs is 2. The molecule has 0 aliphatic carbocycles. The van der Waals surface area contributed by atoms with Crippen LogP contribution in [0.1, 0.15) is 33.2 Å². The first-order valence-electron chi connectivity index (χ1n) is 13.5. The molecular weight excluding hydrogens is 522 g/mol. The van der Waals surface area contributed by atoms with Crippen LogP contribution in [0, 0.1) is 0 Å². The number of hydrogen-bond donors (Lipinski definition) is 2. The van der Waals surface area contributed by atoms with Gasteiger partial charge in [-0.05, 0) is 70.6 Å². The fraction of sp³-hybridized carbons (Fsp3) is 0.182. The van der Waals surface area contributed by atoms with Crippen molar-refractivity contribution >= 4 is 34.1 Å². The number of hydrogen-bond acceptors (Lipinski definition) is 4. The number of ether oxygens (including phenoxy) is 1. The van der Waals surface area contributed by atoms with Gasteiger partial charge in [0.25, 0.3) is 5.91 Å². The maximum Gasteiger partial charge on any atom is 0.255 e. The second kappa shape index (κ2) is 10.0. The Morgan fingerprint density at radius 3 is 2.45 bits per heavy atom. The summed E-state index contributed by atoms with van der Waals surface area (Å²) in [7, 11) is 0. The first-order chi connectivity index (χ1) is 19.5. The molecule has 200 valence electrons. The Kier molecular flexibility index (Phi) is 6.22. The van der Waals surface area contributed by atoms with Crippen molar-refractivity contribution in [1.82, 2.24) is 9.88 Å². The molecule has 2 aliphatic heterocycles. The van der Waals surface area contributed by atoms with Gasteiger partial charge in [-0.2, -0.15) is 0 Å². The summed E-state index contributed by atoms with van der Waals surface area (Å²) in [5.74, 6) is 0.0164. The van der Waals surface area contributed by atoms with Gasteiger partial charge in [-0.15, -0.1) is 0 Å². The molecule has 0 spiro atoms. The Morgan fingerprint density at radius 2 is 1.65 bits per heavy atom. The number of carbonyl (C=O) groups is 1. The molecule has 7 heteroatoms. The van der Waals surface area contributed by atoms with Gasteiger partial charge in [0.15, 0.2) is 0 Å². The fourth-order valence-corrected chi connectivity index (χ4v) is 6.07. The standard InChI is InChI=1S/C33H28ClN3O3/c34-25-9-12-31(38)28(19-25)32(30-18-23-3-1-2-4-29(23)35-30)37-20-24-6-5-22(17-27(24)33(37)39)21-7-10-26(11-8-21)36-13-15-40-16-14-36/h1-12,17-19,32,35,38H,13-16,20H2/t32-/m1/s1. The highest BCUT2D eigenvalue weighted by Crippen LogP contribution is 2.41. The summed E-state index contributed by atoms with van der Waals surface area (Å²) in [6, 6.07) is 29.1. The van der Waals surface area contributed by atoms with Crippen LogP contribution in [0.4, 0.5) is 5.69 Å². The number of para-hydroxylation sites is 1. The first-order valence-corrected chi connectivity index (χ1v) is 13.9. The maximum atomic E-state index is 14.0. The van der Waals surface area contributed by atoms with Gasteiger partial charge < -0.3 is 24.6 Å². The van der Waals surface area contributed by atoms with Crippen LogP contribution in [0.2, 0.25) is 5.02 Å². The van der Waals surface area contributed by atoms with Gasteiger partial charge in [-0.1, -0.05) is 54.1 Å². The smallest absolute Gasteiger partial charge is 0.255 e. The SMILES string of the molecule is O=C1c2cc(-c3ccc(N4CCOCC4)cc3)ccc2CN1[C@@H](c1cc2ccccc2[nH]1)c1cc(Cl)ccc1O. The Morgan fingerprint density at radius 1 is 0.875 bits per heavy atom. The monoisotopic (exact) mass is 549 g/mol. The van der Waals surface area contributed by atoms with E-state index in [1.807, 2.05) is 47.4 Å². The molecule has 2 N–H and O–H groups in total. The number of nitrogens with one attached hydrogen (secondary N) is 1. The molecule has 5 aromatic rings. The highest BCUT2D eigenvalue weighted by atomic mass is 35.5. The summed E-state index contributed by atoms with van der Waals surface area (Å²) >= 11 is 6.37. The number of morpholine rings is 1. The summed E-state index contributed by atoms with van der Waals surface area (Å²) in [4.78, 5) is 21.6. The van der Waals surface area contributed by atoms with Crippen LogP contribution in [0.15, 0.2) is 91.0 Å². The van der Waals surface area contributed by atoms with Gasteiger partial charge in [0.05, 0.1) is 13.2 Å². The van der Waals surface area contributed by atoms with Crippen molar-refractivity contribution in [2.45, 2.75) is 12.6 Å². The number of rotatable bonds is 5. The van der Waals surface area contributed by atoms with E-state index in [-0.39, 0.29) is 11.7 Å². The van der Waals surface area contributed by atoms with E-state index in [0.717, 1.165) is 59.6 Å². The Labute approximate surface area is 237 Å². The molecule has 1 saturated heterocycles. The fourth-order valence-electron chi connectivity index (χ4n) is 5.89. The maximum absolute atomic E-state index is 14.0. The third-order valence-corrected chi connectivity index (χ3v) is 8.20. The lowest BCUT2D eigenvalue weighted by atomic mass is 10.00. The molecule has 1 amide bonds. The normalized spacial score (nSPS) is 16.0. The zero-order chi connectivity index (χ0) is 27.2. The molecular formula is C33H28ClN3O3. The van der Waals surface area contributed by atoms with Gasteiger partial charge >= 0.3 is 0 Å². The van der Waals surface area contributed by atoms with Crippen LogP contribution < -0.4 is 4.90 Å². The highest BCUT2D eigenvalue weighted by Gasteiger charge is 2.36. The van der Waals surface area contributed by atoms with Crippen LogP contribution in [-0.2, 0) is 11.3 Å². The molecule has 3 heterocycles. The summed E-state index contributed by atoms with van der Waals surface area (Å²) in [5, 5.41) is 12.4. The number of benzene rings is 4. The van der Waals surface area contributed by atoms with E-state index in [1.165, 1.54) is 5.69 Å². The molecule has 6 nitrogen and oxygen atoms in total. The molecule has 1 aromatic heterocycles. The van der Waals surface area contributed by atoms with Crippen LogP contribution in [0.25, 0.3) is 22.0 Å². The second-order valence-corrected chi connectivity index (χ2v) is 10.8. The predicted molar refractivity (Wildman–Crippen MR) is 158 cm³/mol. The van der Waals surface area contributed by atoms with Crippen molar-refractivity contribution in [2.75, 3.05) is 31.2 Å². The zero-order valence-corrected chi connectivity index (χ0v) is 22.6. The molecule has 0 unspecified atom stereocenters. The number of phenolic OH excluding ortho intramolecular Hbond substituents is 1.